The van der Waals surface area contributed by atoms with E-state index < -0.39 is 6.04 Å². The Labute approximate surface area is 141 Å². The lowest BCUT2D eigenvalue weighted by atomic mass is 10.1. The Hall–Kier alpha value is -2.63. The minimum absolute atomic E-state index is 0.107. The number of carbonyl (C=O) groups excluding carboxylic acids is 2. The van der Waals surface area contributed by atoms with E-state index in [1.54, 1.807) is 10.9 Å². The molecule has 24 heavy (non-hydrogen) atoms. The van der Waals surface area contributed by atoms with E-state index in [2.05, 4.69) is 15.7 Å². The molecule has 1 saturated heterocycles. The van der Waals surface area contributed by atoms with Gasteiger partial charge in [-0.05, 0) is 44.7 Å². The highest BCUT2D eigenvalue weighted by atomic mass is 16.2. The molecule has 1 fully saturated rings. The van der Waals surface area contributed by atoms with Crippen LogP contribution in [-0.4, -0.2) is 34.2 Å². The van der Waals surface area contributed by atoms with E-state index in [-0.39, 0.29) is 11.8 Å². The van der Waals surface area contributed by atoms with E-state index in [9.17, 15) is 9.59 Å². The fraction of sp³-hybridized carbons (Fsp3) is 0.389. The molecule has 0 spiro atoms. The van der Waals surface area contributed by atoms with Crippen molar-refractivity contribution >= 4 is 11.8 Å². The summed E-state index contributed by atoms with van der Waals surface area (Å²) in [6.45, 7) is 4.54. The van der Waals surface area contributed by atoms with E-state index in [4.69, 9.17) is 0 Å². The standard InChI is InChI=1S/C18H22N4O2/c1-12-7-3-4-9-16(12)22-13(2)14(11-20-22)17(23)21-15-8-5-6-10-19-18(15)24/h3-4,7,9,11,15H,5-6,8,10H2,1-2H3,(H,19,24)(H,21,23)/t15-/m0/s1. The van der Waals surface area contributed by atoms with Crippen LogP contribution in [0.3, 0.4) is 0 Å². The number of benzene rings is 1. The van der Waals surface area contributed by atoms with Gasteiger partial charge in [0.1, 0.15) is 6.04 Å². The van der Waals surface area contributed by atoms with Crippen molar-refractivity contribution in [3.05, 3.63) is 47.3 Å². The Morgan fingerprint density at radius 1 is 1.29 bits per heavy atom. The summed E-state index contributed by atoms with van der Waals surface area (Å²) in [7, 11) is 0. The predicted molar refractivity (Wildman–Crippen MR) is 91.2 cm³/mol. The van der Waals surface area contributed by atoms with Gasteiger partial charge in [-0.15, -0.1) is 0 Å². The molecule has 6 nitrogen and oxygen atoms in total. The summed E-state index contributed by atoms with van der Waals surface area (Å²) in [5, 5.41) is 10.0. The summed E-state index contributed by atoms with van der Waals surface area (Å²) >= 11 is 0. The van der Waals surface area contributed by atoms with E-state index in [0.29, 0.717) is 18.5 Å². The highest BCUT2D eigenvalue weighted by molar-refractivity contribution is 5.98. The highest BCUT2D eigenvalue weighted by Crippen LogP contribution is 2.18. The molecule has 0 saturated carbocycles. The van der Waals surface area contributed by atoms with Crippen molar-refractivity contribution in [2.75, 3.05) is 6.54 Å². The topological polar surface area (TPSA) is 76.0 Å². The summed E-state index contributed by atoms with van der Waals surface area (Å²) in [6, 6.07) is 7.41. The number of hydrogen-bond acceptors (Lipinski definition) is 3. The van der Waals surface area contributed by atoms with Gasteiger partial charge in [0.25, 0.3) is 5.91 Å². The third-order valence-corrected chi connectivity index (χ3v) is 4.44. The SMILES string of the molecule is Cc1ccccc1-n1ncc(C(=O)N[C@H]2CCCCNC2=O)c1C. The van der Waals surface area contributed by atoms with Crippen molar-refractivity contribution < 1.29 is 9.59 Å². The van der Waals surface area contributed by atoms with E-state index >= 15 is 0 Å². The zero-order valence-corrected chi connectivity index (χ0v) is 14.0. The van der Waals surface area contributed by atoms with Gasteiger partial charge in [0.05, 0.1) is 23.1 Å². The molecule has 2 aromatic rings. The number of amides is 2. The van der Waals surface area contributed by atoms with Gasteiger partial charge in [-0.25, -0.2) is 4.68 Å². The molecule has 2 N–H and O–H groups in total. The van der Waals surface area contributed by atoms with Crippen molar-refractivity contribution in [3.8, 4) is 5.69 Å². The maximum absolute atomic E-state index is 12.6. The van der Waals surface area contributed by atoms with E-state index in [0.717, 1.165) is 29.8 Å². The Kier molecular flexibility index (Phi) is 4.64. The molecule has 1 aromatic heterocycles. The molecule has 0 bridgehead atoms. The van der Waals surface area contributed by atoms with Crippen molar-refractivity contribution in [2.45, 2.75) is 39.2 Å². The number of nitrogens with zero attached hydrogens (tertiary/aromatic N) is 2. The zero-order valence-electron chi connectivity index (χ0n) is 14.0. The number of para-hydroxylation sites is 1. The summed E-state index contributed by atoms with van der Waals surface area (Å²) in [6.07, 6.45) is 4.10. The van der Waals surface area contributed by atoms with Crippen LogP contribution in [-0.2, 0) is 4.79 Å². The Balaban J connectivity index is 1.81. The summed E-state index contributed by atoms with van der Waals surface area (Å²) in [4.78, 5) is 24.6. The lowest BCUT2D eigenvalue weighted by Crippen LogP contribution is -2.45. The van der Waals surface area contributed by atoms with Crippen LogP contribution >= 0.6 is 0 Å². The first-order valence-corrected chi connectivity index (χ1v) is 8.27. The van der Waals surface area contributed by atoms with Crippen LogP contribution in [0.4, 0.5) is 0 Å². The predicted octanol–water partition coefficient (Wildman–Crippen LogP) is 1.89. The molecule has 1 atom stereocenters. The number of rotatable bonds is 3. The van der Waals surface area contributed by atoms with Crippen molar-refractivity contribution in [1.29, 1.82) is 0 Å². The third-order valence-electron chi connectivity index (χ3n) is 4.44. The van der Waals surface area contributed by atoms with Crippen LogP contribution < -0.4 is 10.6 Å². The number of aryl methyl sites for hydroxylation is 1. The first kappa shape index (κ1) is 16.2. The Morgan fingerprint density at radius 2 is 2.08 bits per heavy atom. The minimum Gasteiger partial charge on any atom is -0.354 e. The lowest BCUT2D eigenvalue weighted by molar-refractivity contribution is -0.122. The maximum atomic E-state index is 12.6. The molecule has 0 unspecified atom stereocenters. The second kappa shape index (κ2) is 6.86. The molecule has 0 aliphatic carbocycles. The van der Waals surface area contributed by atoms with Crippen LogP contribution in [0.2, 0.25) is 0 Å². The van der Waals surface area contributed by atoms with E-state index in [1.807, 2.05) is 38.1 Å². The van der Waals surface area contributed by atoms with Crippen molar-refractivity contribution in [1.82, 2.24) is 20.4 Å². The molecule has 1 aromatic carbocycles. The summed E-state index contributed by atoms with van der Waals surface area (Å²) < 4.78 is 1.76. The molecule has 2 amide bonds. The molecule has 1 aliphatic heterocycles. The lowest BCUT2D eigenvalue weighted by Gasteiger charge is -2.15. The maximum Gasteiger partial charge on any atom is 0.255 e. The van der Waals surface area contributed by atoms with Crippen LogP contribution in [0.25, 0.3) is 5.69 Å². The van der Waals surface area contributed by atoms with Gasteiger partial charge in [-0.3, -0.25) is 9.59 Å². The van der Waals surface area contributed by atoms with Gasteiger partial charge in [-0.2, -0.15) is 5.10 Å². The normalized spacial score (nSPS) is 17.9. The largest absolute Gasteiger partial charge is 0.354 e. The van der Waals surface area contributed by atoms with Crippen LogP contribution in [0.1, 0.15) is 40.9 Å². The average Bonchev–Trinajstić information content (AvgIpc) is 2.83. The molecule has 126 valence electrons. The zero-order chi connectivity index (χ0) is 17.1. The molecule has 6 heteroatoms. The van der Waals surface area contributed by atoms with Gasteiger partial charge in [-0.1, -0.05) is 18.2 Å². The van der Waals surface area contributed by atoms with Crippen LogP contribution in [0.15, 0.2) is 30.5 Å². The highest BCUT2D eigenvalue weighted by Gasteiger charge is 2.24. The van der Waals surface area contributed by atoms with Gasteiger partial charge in [0, 0.05) is 6.54 Å². The van der Waals surface area contributed by atoms with Crippen LogP contribution in [0, 0.1) is 13.8 Å². The molecular formula is C18H22N4O2. The van der Waals surface area contributed by atoms with Crippen LogP contribution in [0.5, 0.6) is 0 Å². The second-order valence-corrected chi connectivity index (χ2v) is 6.15. The number of nitrogens with one attached hydrogen (secondary N) is 2. The first-order chi connectivity index (χ1) is 11.6. The number of aromatic nitrogens is 2. The van der Waals surface area contributed by atoms with Gasteiger partial charge >= 0.3 is 0 Å². The van der Waals surface area contributed by atoms with E-state index in [1.165, 1.54) is 0 Å². The summed E-state index contributed by atoms with van der Waals surface area (Å²) in [5.41, 5.74) is 3.28. The van der Waals surface area contributed by atoms with Gasteiger partial charge in [0.15, 0.2) is 0 Å². The molecule has 0 radical (unpaired) electrons. The third kappa shape index (κ3) is 3.18. The van der Waals surface area contributed by atoms with Gasteiger partial charge in [0.2, 0.25) is 5.91 Å². The Morgan fingerprint density at radius 3 is 2.88 bits per heavy atom. The molecule has 1 aliphatic rings. The van der Waals surface area contributed by atoms with Crippen molar-refractivity contribution in [3.63, 3.8) is 0 Å². The average molecular weight is 326 g/mol. The van der Waals surface area contributed by atoms with Gasteiger partial charge < -0.3 is 10.6 Å². The first-order valence-electron chi connectivity index (χ1n) is 8.27. The number of carbonyl (C=O) groups is 2. The monoisotopic (exact) mass is 326 g/mol. The molecule has 2 heterocycles. The van der Waals surface area contributed by atoms with Crippen molar-refractivity contribution in [2.24, 2.45) is 0 Å². The quantitative estimate of drug-likeness (QED) is 0.904. The molecular weight excluding hydrogens is 304 g/mol. The Bertz CT molecular complexity index is 766. The fourth-order valence-corrected chi connectivity index (χ4v) is 2.99. The summed E-state index contributed by atoms with van der Waals surface area (Å²) in [5.74, 6) is -0.362. The fourth-order valence-electron chi connectivity index (χ4n) is 2.99. The molecule has 3 rings (SSSR count). The number of hydrogen-bond donors (Lipinski definition) is 2. The second-order valence-electron chi connectivity index (χ2n) is 6.15. The smallest absolute Gasteiger partial charge is 0.255 e. The minimum atomic E-state index is -0.471.